The Balaban J connectivity index is 0.00000729. The van der Waals surface area contributed by atoms with E-state index in [2.05, 4.69) is 6.92 Å². The summed E-state index contributed by atoms with van der Waals surface area (Å²) in [6.07, 6.45) is 20.7. The van der Waals surface area contributed by atoms with Crippen molar-refractivity contribution in [3.8, 4) is 0 Å². The summed E-state index contributed by atoms with van der Waals surface area (Å²) in [6, 6.07) is 0. The number of unbranched alkanes of at least 4 members (excludes halogenated alkanes) is 15. The molecule has 0 bridgehead atoms. The summed E-state index contributed by atoms with van der Waals surface area (Å²) in [6.45, 7) is 2.29. The zero-order valence-electron chi connectivity index (χ0n) is 18.3. The van der Waals surface area contributed by atoms with Crippen LogP contribution < -0.4 is 12.4 Å². The second kappa shape index (κ2) is 19.5. The van der Waals surface area contributed by atoms with Gasteiger partial charge in [-0.1, -0.05) is 96.8 Å². The SMILES string of the molecule is CCCCCCCCCCCCCCCCCC[S+]1C[C@@H](O)[C@H](O)[C@H]1CO.[Cl-]. The van der Waals surface area contributed by atoms with Crippen LogP contribution in [0.1, 0.15) is 110 Å². The van der Waals surface area contributed by atoms with Crippen LogP contribution in [0.15, 0.2) is 0 Å². The molecule has 5 heteroatoms. The first kappa shape index (κ1) is 28.5. The van der Waals surface area contributed by atoms with Crippen LogP contribution in [0.25, 0.3) is 0 Å². The van der Waals surface area contributed by atoms with Crippen LogP contribution >= 0.6 is 0 Å². The molecule has 0 saturated carbocycles. The van der Waals surface area contributed by atoms with E-state index < -0.39 is 12.2 Å². The van der Waals surface area contributed by atoms with E-state index in [1.54, 1.807) is 0 Å². The molecule has 0 aromatic carbocycles. The zero-order valence-corrected chi connectivity index (χ0v) is 19.9. The molecule has 1 aliphatic rings. The maximum atomic E-state index is 9.86. The van der Waals surface area contributed by atoms with Crippen LogP contribution in [0, 0.1) is 0 Å². The topological polar surface area (TPSA) is 60.7 Å². The van der Waals surface area contributed by atoms with Gasteiger partial charge in [-0.05, 0) is 23.7 Å². The molecule has 1 saturated heterocycles. The molecule has 0 amide bonds. The zero-order chi connectivity index (χ0) is 19.7. The van der Waals surface area contributed by atoms with E-state index in [-0.39, 0.29) is 35.2 Å². The fraction of sp³-hybridized carbons (Fsp3) is 1.00. The van der Waals surface area contributed by atoms with Crippen molar-refractivity contribution in [3.63, 3.8) is 0 Å². The minimum absolute atomic E-state index is 0. The minimum Gasteiger partial charge on any atom is -1.00 e. The summed E-state index contributed by atoms with van der Waals surface area (Å²) >= 11 is 0. The average Bonchev–Trinajstić information content (AvgIpc) is 2.94. The van der Waals surface area contributed by atoms with Gasteiger partial charge in [0.15, 0.2) is 5.25 Å². The molecule has 170 valence electrons. The van der Waals surface area contributed by atoms with Crippen molar-refractivity contribution in [1.29, 1.82) is 0 Å². The standard InChI is InChI=1S/C23H47O3S.ClH/c1-2-3-4-5-6-7-8-9-10-11-12-13-14-15-16-17-18-27-20-21(25)23(26)22(27)19-24;/h21-26H,2-20H2,1H3;1H/q+1;/p-1/t21-,22-,23+,27?;/m1./s1. The molecule has 3 nitrogen and oxygen atoms in total. The Bertz CT molecular complexity index is 333. The normalized spacial score (nSPS) is 24.4. The van der Waals surface area contributed by atoms with Gasteiger partial charge in [0.2, 0.25) is 0 Å². The first-order valence-corrected chi connectivity index (χ1v) is 13.5. The highest BCUT2D eigenvalue weighted by atomic mass is 35.5. The summed E-state index contributed by atoms with van der Waals surface area (Å²) in [7, 11) is 0.00732. The van der Waals surface area contributed by atoms with Gasteiger partial charge in [0.05, 0.1) is 6.61 Å². The first-order valence-electron chi connectivity index (χ1n) is 11.8. The molecule has 0 aromatic rings. The molecule has 1 rings (SSSR count). The van der Waals surface area contributed by atoms with E-state index in [0.29, 0.717) is 5.75 Å². The second-order valence-corrected chi connectivity index (χ2v) is 10.9. The van der Waals surface area contributed by atoms with Crippen LogP contribution in [-0.4, -0.2) is 50.9 Å². The molecule has 1 fully saturated rings. The second-order valence-electron chi connectivity index (χ2n) is 8.49. The average molecular weight is 439 g/mol. The largest absolute Gasteiger partial charge is 1.00 e. The van der Waals surface area contributed by atoms with Gasteiger partial charge in [-0.25, -0.2) is 0 Å². The number of aliphatic hydroxyl groups is 3. The van der Waals surface area contributed by atoms with Crippen molar-refractivity contribution in [2.45, 2.75) is 127 Å². The number of aliphatic hydroxyl groups excluding tert-OH is 3. The van der Waals surface area contributed by atoms with Gasteiger partial charge in [-0.3, -0.25) is 0 Å². The smallest absolute Gasteiger partial charge is 0.169 e. The van der Waals surface area contributed by atoms with Gasteiger partial charge in [-0.15, -0.1) is 0 Å². The van der Waals surface area contributed by atoms with Crippen molar-refractivity contribution >= 4 is 10.9 Å². The Labute approximate surface area is 183 Å². The van der Waals surface area contributed by atoms with Crippen molar-refractivity contribution in [2.24, 2.45) is 0 Å². The van der Waals surface area contributed by atoms with E-state index in [1.165, 1.54) is 103 Å². The van der Waals surface area contributed by atoms with Gasteiger partial charge < -0.3 is 27.7 Å². The quantitative estimate of drug-likeness (QED) is 0.226. The van der Waals surface area contributed by atoms with E-state index in [0.717, 1.165) is 5.75 Å². The third-order valence-corrected chi connectivity index (χ3v) is 8.90. The lowest BCUT2D eigenvalue weighted by Crippen LogP contribution is -3.00. The molecule has 1 unspecified atom stereocenters. The Morgan fingerprint density at radius 1 is 0.679 bits per heavy atom. The maximum Gasteiger partial charge on any atom is 0.169 e. The summed E-state index contributed by atoms with van der Waals surface area (Å²) in [5.41, 5.74) is 0. The van der Waals surface area contributed by atoms with Gasteiger partial charge in [0.25, 0.3) is 0 Å². The monoisotopic (exact) mass is 438 g/mol. The number of hydrogen-bond donors (Lipinski definition) is 3. The highest BCUT2D eigenvalue weighted by molar-refractivity contribution is 7.97. The molecule has 1 aliphatic heterocycles. The molecule has 0 aliphatic carbocycles. The molecule has 0 spiro atoms. The van der Waals surface area contributed by atoms with Crippen LogP contribution in [0.3, 0.4) is 0 Å². The summed E-state index contributed by atoms with van der Waals surface area (Å²) in [5, 5.41) is 28.9. The fourth-order valence-corrected chi connectivity index (χ4v) is 6.88. The third kappa shape index (κ3) is 13.0. The van der Waals surface area contributed by atoms with Crippen molar-refractivity contribution in [3.05, 3.63) is 0 Å². The van der Waals surface area contributed by atoms with Crippen molar-refractivity contribution < 1.29 is 27.7 Å². The summed E-state index contributed by atoms with van der Waals surface area (Å²) in [5.74, 6) is 1.75. The highest BCUT2D eigenvalue weighted by Crippen LogP contribution is 2.25. The Kier molecular flexibility index (Phi) is 19.8. The molecule has 0 aromatic heterocycles. The van der Waals surface area contributed by atoms with Crippen molar-refractivity contribution in [2.75, 3.05) is 18.1 Å². The van der Waals surface area contributed by atoms with E-state index >= 15 is 0 Å². The molecular formula is C23H47ClO3S. The molecule has 1 heterocycles. The van der Waals surface area contributed by atoms with Crippen LogP contribution in [-0.2, 0) is 10.9 Å². The number of halogens is 1. The Morgan fingerprint density at radius 3 is 1.46 bits per heavy atom. The van der Waals surface area contributed by atoms with Gasteiger partial charge in [0.1, 0.15) is 23.7 Å². The lowest BCUT2D eigenvalue weighted by atomic mass is 10.0. The third-order valence-electron chi connectivity index (χ3n) is 6.03. The lowest BCUT2D eigenvalue weighted by Gasteiger charge is -2.11. The van der Waals surface area contributed by atoms with E-state index in [4.69, 9.17) is 0 Å². The van der Waals surface area contributed by atoms with E-state index in [1.807, 2.05) is 0 Å². The fourth-order valence-electron chi connectivity index (χ4n) is 4.17. The van der Waals surface area contributed by atoms with Gasteiger partial charge >= 0.3 is 0 Å². The van der Waals surface area contributed by atoms with Gasteiger partial charge in [-0.2, -0.15) is 0 Å². The molecule has 28 heavy (non-hydrogen) atoms. The van der Waals surface area contributed by atoms with E-state index in [9.17, 15) is 15.3 Å². The van der Waals surface area contributed by atoms with Crippen LogP contribution in [0.2, 0.25) is 0 Å². The first-order chi connectivity index (χ1) is 13.2. The van der Waals surface area contributed by atoms with Gasteiger partial charge in [0, 0.05) is 0 Å². The molecular weight excluding hydrogens is 392 g/mol. The van der Waals surface area contributed by atoms with Crippen LogP contribution in [0.5, 0.6) is 0 Å². The predicted octanol–water partition coefficient (Wildman–Crippen LogP) is 1.97. The molecule has 0 radical (unpaired) electrons. The highest BCUT2D eigenvalue weighted by Gasteiger charge is 2.48. The lowest BCUT2D eigenvalue weighted by molar-refractivity contribution is -0.00000945. The van der Waals surface area contributed by atoms with Crippen molar-refractivity contribution in [1.82, 2.24) is 0 Å². The number of hydrogen-bond acceptors (Lipinski definition) is 3. The Hall–Kier alpha value is 0.520. The minimum atomic E-state index is -0.709. The van der Waals surface area contributed by atoms with Crippen LogP contribution in [0.4, 0.5) is 0 Å². The summed E-state index contributed by atoms with van der Waals surface area (Å²) < 4.78 is 0. The predicted molar refractivity (Wildman–Crippen MR) is 120 cm³/mol. The summed E-state index contributed by atoms with van der Waals surface area (Å²) in [4.78, 5) is 0. The maximum absolute atomic E-state index is 9.86. The number of rotatable bonds is 18. The molecule has 3 N–H and O–H groups in total. The Morgan fingerprint density at radius 2 is 1.07 bits per heavy atom. The molecule has 4 atom stereocenters.